The second kappa shape index (κ2) is 11.0. The maximum Gasteiger partial charge on any atom is 0.416 e. The number of nitrogens with zero attached hydrogens (tertiary/aromatic N) is 1. The lowest BCUT2D eigenvalue weighted by molar-refractivity contribution is -0.137. The molecular formula is C29H23ClF5N3O. The van der Waals surface area contributed by atoms with Gasteiger partial charge in [-0.25, -0.2) is 13.6 Å². The molecule has 0 saturated heterocycles. The van der Waals surface area contributed by atoms with Gasteiger partial charge in [-0.2, -0.15) is 13.2 Å². The van der Waals surface area contributed by atoms with Gasteiger partial charge in [0, 0.05) is 35.8 Å². The van der Waals surface area contributed by atoms with E-state index in [-0.39, 0.29) is 17.7 Å². The number of carbonyl (C=O) groups is 1. The monoisotopic (exact) mass is 559 g/mol. The highest BCUT2D eigenvalue weighted by Crippen LogP contribution is 2.41. The Bertz CT molecular complexity index is 1460. The van der Waals surface area contributed by atoms with Crippen molar-refractivity contribution in [2.45, 2.75) is 31.0 Å². The van der Waals surface area contributed by atoms with E-state index in [0.717, 1.165) is 18.2 Å². The standard InChI is InChI=1S/C29H23ClF5N3O/c1-27(31,32)24-14-7-15-36-25(24)28(18-19-8-3-2-4-9-19,20-10-5-11-21(16-20)29(33,34)35)38-26(39)37-23-13-6-12-22(30)17-23/h2-17H,18H2,1H3,(H2,37,38,39). The molecule has 3 aromatic carbocycles. The van der Waals surface area contributed by atoms with Gasteiger partial charge >= 0.3 is 12.2 Å². The van der Waals surface area contributed by atoms with Crippen molar-refractivity contribution in [1.82, 2.24) is 10.3 Å². The highest BCUT2D eigenvalue weighted by atomic mass is 35.5. The third-order valence-electron chi connectivity index (χ3n) is 6.09. The number of hydrogen-bond donors (Lipinski definition) is 2. The van der Waals surface area contributed by atoms with Crippen molar-refractivity contribution in [3.63, 3.8) is 0 Å². The molecule has 0 fully saturated rings. The molecule has 2 amide bonds. The summed E-state index contributed by atoms with van der Waals surface area (Å²) in [5, 5.41) is 5.64. The number of amides is 2. The summed E-state index contributed by atoms with van der Waals surface area (Å²) >= 11 is 6.02. The van der Waals surface area contributed by atoms with E-state index in [0.29, 0.717) is 23.2 Å². The molecule has 0 saturated carbocycles. The molecule has 4 aromatic rings. The number of aromatic nitrogens is 1. The maximum atomic E-state index is 14.9. The largest absolute Gasteiger partial charge is 0.416 e. The molecule has 2 N–H and O–H groups in total. The molecule has 1 heterocycles. The van der Waals surface area contributed by atoms with Crippen LogP contribution < -0.4 is 10.6 Å². The Kier molecular flexibility index (Phi) is 7.92. The second-order valence-electron chi connectivity index (χ2n) is 9.02. The summed E-state index contributed by atoms with van der Waals surface area (Å²) in [6.45, 7) is 0.666. The van der Waals surface area contributed by atoms with E-state index in [1.807, 2.05) is 0 Å². The molecule has 1 unspecified atom stereocenters. The van der Waals surface area contributed by atoms with E-state index < -0.39 is 34.8 Å². The van der Waals surface area contributed by atoms with Crippen molar-refractivity contribution in [2.24, 2.45) is 0 Å². The van der Waals surface area contributed by atoms with Crippen molar-refractivity contribution in [1.29, 1.82) is 0 Å². The Morgan fingerprint density at radius 2 is 1.54 bits per heavy atom. The van der Waals surface area contributed by atoms with Gasteiger partial charge in [-0.05, 0) is 53.6 Å². The van der Waals surface area contributed by atoms with Crippen LogP contribution in [-0.2, 0) is 24.1 Å². The van der Waals surface area contributed by atoms with Crippen LogP contribution in [0.25, 0.3) is 0 Å². The minimum atomic E-state index is -4.72. The van der Waals surface area contributed by atoms with E-state index in [4.69, 9.17) is 11.6 Å². The fourth-order valence-electron chi connectivity index (χ4n) is 4.38. The lowest BCUT2D eigenvalue weighted by Crippen LogP contribution is -2.51. The van der Waals surface area contributed by atoms with Crippen LogP contribution in [0.3, 0.4) is 0 Å². The first-order valence-corrected chi connectivity index (χ1v) is 12.2. The van der Waals surface area contributed by atoms with Crippen LogP contribution in [0.15, 0.2) is 97.2 Å². The molecule has 10 heteroatoms. The third kappa shape index (κ3) is 6.54. The molecule has 0 aliphatic carbocycles. The Morgan fingerprint density at radius 3 is 2.21 bits per heavy atom. The summed E-state index contributed by atoms with van der Waals surface area (Å²) in [6, 6.07) is 20.5. The summed E-state index contributed by atoms with van der Waals surface area (Å²) in [7, 11) is 0. The van der Waals surface area contributed by atoms with Gasteiger partial charge in [0.2, 0.25) is 0 Å². The Labute approximate surface area is 226 Å². The first kappa shape index (κ1) is 28.0. The molecule has 0 aliphatic heterocycles. The van der Waals surface area contributed by atoms with Crippen molar-refractivity contribution in [2.75, 3.05) is 5.32 Å². The Morgan fingerprint density at radius 1 is 0.846 bits per heavy atom. The first-order valence-electron chi connectivity index (χ1n) is 11.8. The van der Waals surface area contributed by atoms with Crippen LogP contribution in [-0.4, -0.2) is 11.0 Å². The van der Waals surface area contributed by atoms with E-state index >= 15 is 0 Å². The van der Waals surface area contributed by atoms with Crippen LogP contribution >= 0.6 is 11.6 Å². The number of pyridine rings is 1. The maximum absolute atomic E-state index is 14.9. The van der Waals surface area contributed by atoms with E-state index in [9.17, 15) is 26.7 Å². The molecule has 4 nitrogen and oxygen atoms in total. The Balaban J connectivity index is 1.97. The van der Waals surface area contributed by atoms with Crippen molar-refractivity contribution >= 4 is 23.3 Å². The summed E-state index contributed by atoms with van der Waals surface area (Å²) in [6.07, 6.45) is -3.65. The minimum absolute atomic E-state index is 0.0772. The lowest BCUT2D eigenvalue weighted by Gasteiger charge is -2.37. The highest BCUT2D eigenvalue weighted by Gasteiger charge is 2.44. The molecular weight excluding hydrogens is 537 g/mol. The summed E-state index contributed by atoms with van der Waals surface area (Å²) in [4.78, 5) is 17.6. The van der Waals surface area contributed by atoms with Crippen molar-refractivity contribution < 1.29 is 26.7 Å². The molecule has 0 radical (unpaired) electrons. The molecule has 0 spiro atoms. The number of hydrogen-bond acceptors (Lipinski definition) is 2. The number of anilines is 1. The number of urea groups is 1. The number of carbonyl (C=O) groups excluding carboxylic acids is 1. The van der Waals surface area contributed by atoms with Crippen LogP contribution in [0.5, 0.6) is 0 Å². The zero-order chi connectivity index (χ0) is 28.3. The molecule has 39 heavy (non-hydrogen) atoms. The van der Waals surface area contributed by atoms with Gasteiger partial charge in [-0.15, -0.1) is 0 Å². The predicted molar refractivity (Wildman–Crippen MR) is 140 cm³/mol. The number of benzene rings is 3. The van der Waals surface area contributed by atoms with Gasteiger partial charge in [-0.3, -0.25) is 4.98 Å². The van der Waals surface area contributed by atoms with Crippen LogP contribution in [0, 0.1) is 0 Å². The van der Waals surface area contributed by atoms with Gasteiger partial charge in [0.15, 0.2) is 0 Å². The Hall–Kier alpha value is -3.98. The van der Waals surface area contributed by atoms with E-state index in [1.165, 1.54) is 30.5 Å². The van der Waals surface area contributed by atoms with Crippen molar-refractivity contribution in [3.05, 3.63) is 130 Å². The fourth-order valence-corrected chi connectivity index (χ4v) is 4.57. The molecule has 1 atom stereocenters. The number of halogens is 6. The summed E-state index contributed by atoms with van der Waals surface area (Å²) in [5.74, 6) is -3.43. The lowest BCUT2D eigenvalue weighted by atomic mass is 9.77. The zero-order valence-electron chi connectivity index (χ0n) is 20.6. The fraction of sp³-hybridized carbons (Fsp3) is 0.172. The van der Waals surface area contributed by atoms with Gasteiger partial charge in [-0.1, -0.05) is 60.1 Å². The predicted octanol–water partition coefficient (Wildman–Crippen LogP) is 8.17. The summed E-state index contributed by atoms with van der Waals surface area (Å²) < 4.78 is 71.3. The quantitative estimate of drug-likeness (QED) is 0.224. The van der Waals surface area contributed by atoms with E-state index in [2.05, 4.69) is 15.6 Å². The second-order valence-corrected chi connectivity index (χ2v) is 9.46. The summed E-state index contributed by atoms with van der Waals surface area (Å²) in [5.41, 5.74) is -3.00. The number of rotatable bonds is 7. The smallest absolute Gasteiger partial charge is 0.322 e. The highest BCUT2D eigenvalue weighted by molar-refractivity contribution is 6.30. The normalized spacial score (nSPS) is 13.4. The molecule has 202 valence electrons. The average Bonchev–Trinajstić information content (AvgIpc) is 2.88. The average molecular weight is 560 g/mol. The molecule has 4 rings (SSSR count). The van der Waals surface area contributed by atoms with E-state index in [1.54, 1.807) is 48.5 Å². The number of alkyl halides is 5. The van der Waals surface area contributed by atoms with Gasteiger partial charge in [0.05, 0.1) is 11.3 Å². The third-order valence-corrected chi connectivity index (χ3v) is 6.32. The van der Waals surface area contributed by atoms with Crippen molar-refractivity contribution in [3.8, 4) is 0 Å². The molecule has 0 bridgehead atoms. The number of nitrogens with one attached hydrogen (secondary N) is 2. The first-order chi connectivity index (χ1) is 18.4. The van der Waals surface area contributed by atoms with Gasteiger partial charge in [0.25, 0.3) is 5.92 Å². The van der Waals surface area contributed by atoms with Crippen LogP contribution in [0.4, 0.5) is 32.4 Å². The van der Waals surface area contributed by atoms with Gasteiger partial charge < -0.3 is 10.6 Å². The molecule has 1 aromatic heterocycles. The van der Waals surface area contributed by atoms with Crippen LogP contribution in [0.1, 0.15) is 34.9 Å². The SMILES string of the molecule is CC(F)(F)c1cccnc1C(Cc1ccccc1)(NC(=O)Nc1cccc(Cl)c1)c1cccc(C(F)(F)F)c1. The van der Waals surface area contributed by atoms with Gasteiger partial charge in [0.1, 0.15) is 5.54 Å². The molecule has 0 aliphatic rings. The van der Waals surface area contributed by atoms with Crippen LogP contribution in [0.2, 0.25) is 5.02 Å². The topological polar surface area (TPSA) is 54.0 Å². The minimum Gasteiger partial charge on any atom is -0.322 e. The zero-order valence-corrected chi connectivity index (χ0v) is 21.3.